The maximum Gasteiger partial charge on any atom is 0.418 e. The fraction of sp³-hybridized carbons (Fsp3) is 0.529. The Morgan fingerprint density at radius 3 is 2.60 bits per heavy atom. The van der Waals surface area contributed by atoms with Crippen LogP contribution in [0, 0.1) is 5.92 Å². The molecule has 1 aliphatic heterocycles. The van der Waals surface area contributed by atoms with Crippen LogP contribution in [0.15, 0.2) is 18.2 Å². The van der Waals surface area contributed by atoms with Gasteiger partial charge < -0.3 is 9.80 Å². The zero-order valence-electron chi connectivity index (χ0n) is 14.1. The summed E-state index contributed by atoms with van der Waals surface area (Å²) in [6.07, 6.45) is -2.83. The molecule has 138 valence electrons. The number of carbonyl (C=O) groups excluding carboxylic acids is 2. The Kier molecular flexibility index (Phi) is 5.98. The van der Waals surface area contributed by atoms with E-state index < -0.39 is 24.2 Å². The minimum Gasteiger partial charge on any atom is -0.341 e. The minimum absolute atomic E-state index is 0.0873. The molecule has 0 spiro atoms. The van der Waals surface area contributed by atoms with Gasteiger partial charge in [0.1, 0.15) is 6.54 Å². The lowest BCUT2D eigenvalue weighted by Gasteiger charge is -2.33. The van der Waals surface area contributed by atoms with Crippen LogP contribution >= 0.6 is 11.6 Å². The van der Waals surface area contributed by atoms with E-state index in [2.05, 4.69) is 0 Å². The Morgan fingerprint density at radius 2 is 2.04 bits per heavy atom. The molecule has 2 rings (SSSR count). The van der Waals surface area contributed by atoms with Crippen molar-refractivity contribution in [3.05, 3.63) is 28.8 Å². The van der Waals surface area contributed by atoms with Crippen molar-refractivity contribution in [2.24, 2.45) is 5.92 Å². The fourth-order valence-electron chi connectivity index (χ4n) is 2.99. The first-order valence-corrected chi connectivity index (χ1v) is 8.40. The summed E-state index contributed by atoms with van der Waals surface area (Å²) >= 11 is 5.67. The second-order valence-corrected chi connectivity index (χ2v) is 6.79. The first-order valence-electron chi connectivity index (χ1n) is 8.02. The summed E-state index contributed by atoms with van der Waals surface area (Å²) in [6, 6.07) is 3.16. The molecule has 0 saturated carbocycles. The van der Waals surface area contributed by atoms with Gasteiger partial charge in [-0.1, -0.05) is 18.5 Å². The van der Waals surface area contributed by atoms with Crippen LogP contribution in [0.4, 0.5) is 18.9 Å². The third-order valence-corrected chi connectivity index (χ3v) is 4.47. The quantitative estimate of drug-likeness (QED) is 0.800. The van der Waals surface area contributed by atoms with E-state index in [1.165, 1.54) is 6.07 Å². The SMILES string of the molecule is CC(=O)N(CC(=O)N1CCCC(C)C1)c1ccc(Cl)cc1C(F)(F)F. The van der Waals surface area contributed by atoms with Crippen molar-refractivity contribution in [1.82, 2.24) is 4.90 Å². The third kappa shape index (κ3) is 4.87. The Bertz CT molecular complexity index is 664. The maximum atomic E-state index is 13.3. The minimum atomic E-state index is -4.68. The van der Waals surface area contributed by atoms with Crippen LogP contribution in [0.25, 0.3) is 0 Å². The molecule has 1 fully saturated rings. The number of amides is 2. The fourth-order valence-corrected chi connectivity index (χ4v) is 3.16. The molecule has 1 heterocycles. The molecular formula is C17H20ClF3N2O2. The topological polar surface area (TPSA) is 40.6 Å². The molecule has 0 radical (unpaired) electrons. The Morgan fingerprint density at radius 1 is 1.36 bits per heavy atom. The van der Waals surface area contributed by atoms with E-state index in [1.54, 1.807) is 4.90 Å². The zero-order chi connectivity index (χ0) is 18.8. The number of benzene rings is 1. The first kappa shape index (κ1) is 19.6. The number of hydrogen-bond donors (Lipinski definition) is 0. The Balaban J connectivity index is 2.30. The summed E-state index contributed by atoms with van der Waals surface area (Å²) in [5.41, 5.74) is -1.39. The highest BCUT2D eigenvalue weighted by Gasteiger charge is 2.36. The van der Waals surface area contributed by atoms with E-state index in [0.717, 1.165) is 36.8 Å². The van der Waals surface area contributed by atoms with Gasteiger partial charge in [0.25, 0.3) is 0 Å². The predicted octanol–water partition coefficient (Wildman–Crippen LogP) is 3.97. The molecule has 8 heteroatoms. The number of halogens is 4. The molecule has 0 N–H and O–H groups in total. The highest BCUT2D eigenvalue weighted by atomic mass is 35.5. The molecular weight excluding hydrogens is 357 g/mol. The van der Waals surface area contributed by atoms with Crippen molar-refractivity contribution >= 4 is 29.1 Å². The lowest BCUT2D eigenvalue weighted by molar-refractivity contribution is -0.138. The number of anilines is 1. The van der Waals surface area contributed by atoms with E-state index in [-0.39, 0.29) is 16.6 Å². The van der Waals surface area contributed by atoms with Gasteiger partial charge in [-0.2, -0.15) is 13.2 Å². The summed E-state index contributed by atoms with van der Waals surface area (Å²) in [4.78, 5) is 26.9. The Hall–Kier alpha value is -1.76. The highest BCUT2D eigenvalue weighted by Crippen LogP contribution is 2.38. The van der Waals surface area contributed by atoms with Crippen molar-refractivity contribution in [3.8, 4) is 0 Å². The smallest absolute Gasteiger partial charge is 0.341 e. The van der Waals surface area contributed by atoms with Gasteiger partial charge in [0, 0.05) is 25.0 Å². The van der Waals surface area contributed by atoms with Crippen molar-refractivity contribution in [2.75, 3.05) is 24.5 Å². The Labute approximate surface area is 149 Å². The van der Waals surface area contributed by atoms with Gasteiger partial charge in [0.05, 0.1) is 11.3 Å². The van der Waals surface area contributed by atoms with Gasteiger partial charge >= 0.3 is 6.18 Å². The van der Waals surface area contributed by atoms with Crippen molar-refractivity contribution in [2.45, 2.75) is 32.9 Å². The molecule has 25 heavy (non-hydrogen) atoms. The van der Waals surface area contributed by atoms with Crippen LogP contribution in [-0.4, -0.2) is 36.3 Å². The number of hydrogen-bond acceptors (Lipinski definition) is 2. The van der Waals surface area contributed by atoms with E-state index in [0.29, 0.717) is 19.0 Å². The van der Waals surface area contributed by atoms with Crippen LogP contribution in [0.2, 0.25) is 5.02 Å². The number of likely N-dealkylation sites (tertiary alicyclic amines) is 1. The summed E-state index contributed by atoms with van der Waals surface area (Å²) in [5.74, 6) is -0.652. The second-order valence-electron chi connectivity index (χ2n) is 6.35. The second kappa shape index (κ2) is 7.64. The van der Waals surface area contributed by atoms with Gasteiger partial charge in [-0.15, -0.1) is 0 Å². The molecule has 0 bridgehead atoms. The van der Waals surface area contributed by atoms with Crippen molar-refractivity contribution in [1.29, 1.82) is 0 Å². The standard InChI is InChI=1S/C17H20ClF3N2O2/c1-11-4-3-7-22(9-11)16(25)10-23(12(2)24)15-6-5-13(18)8-14(15)17(19,20)21/h5-6,8,11H,3-4,7,9-10H2,1-2H3. The summed E-state index contributed by atoms with van der Waals surface area (Å²) in [7, 11) is 0. The molecule has 1 saturated heterocycles. The van der Waals surface area contributed by atoms with Crippen molar-refractivity contribution < 1.29 is 22.8 Å². The molecule has 4 nitrogen and oxygen atoms in total. The average molecular weight is 377 g/mol. The average Bonchev–Trinajstić information content (AvgIpc) is 2.51. The predicted molar refractivity (Wildman–Crippen MR) is 89.5 cm³/mol. The van der Waals surface area contributed by atoms with E-state index in [1.807, 2.05) is 6.92 Å². The molecule has 1 aromatic carbocycles. The van der Waals surface area contributed by atoms with Crippen LogP contribution in [0.5, 0.6) is 0 Å². The van der Waals surface area contributed by atoms with Gasteiger partial charge in [-0.3, -0.25) is 9.59 Å². The highest BCUT2D eigenvalue weighted by molar-refractivity contribution is 6.30. The largest absolute Gasteiger partial charge is 0.418 e. The molecule has 2 amide bonds. The summed E-state index contributed by atoms with van der Waals surface area (Å²) in [6.45, 7) is 3.84. The number of alkyl halides is 3. The van der Waals surface area contributed by atoms with Gasteiger partial charge in [-0.25, -0.2) is 0 Å². The molecule has 1 aromatic rings. The van der Waals surface area contributed by atoms with Crippen LogP contribution < -0.4 is 4.90 Å². The first-order chi connectivity index (χ1) is 11.6. The lowest BCUT2D eigenvalue weighted by Crippen LogP contribution is -2.46. The van der Waals surface area contributed by atoms with Crippen LogP contribution in [-0.2, 0) is 15.8 Å². The lowest BCUT2D eigenvalue weighted by atomic mass is 10.0. The van der Waals surface area contributed by atoms with Crippen LogP contribution in [0.1, 0.15) is 32.3 Å². The number of nitrogens with zero attached hydrogens (tertiary/aromatic N) is 2. The van der Waals surface area contributed by atoms with Crippen molar-refractivity contribution in [3.63, 3.8) is 0 Å². The van der Waals surface area contributed by atoms with E-state index in [9.17, 15) is 22.8 Å². The van der Waals surface area contributed by atoms with Crippen LogP contribution in [0.3, 0.4) is 0 Å². The number of rotatable bonds is 3. The van der Waals surface area contributed by atoms with E-state index in [4.69, 9.17) is 11.6 Å². The number of carbonyl (C=O) groups is 2. The van der Waals surface area contributed by atoms with E-state index >= 15 is 0 Å². The summed E-state index contributed by atoms with van der Waals surface area (Å²) < 4.78 is 39.9. The van der Waals surface area contributed by atoms with Gasteiger partial charge in [0.2, 0.25) is 11.8 Å². The monoisotopic (exact) mass is 376 g/mol. The molecule has 1 unspecified atom stereocenters. The number of piperidine rings is 1. The molecule has 0 aromatic heterocycles. The van der Waals surface area contributed by atoms with Gasteiger partial charge in [0.15, 0.2) is 0 Å². The normalized spacial score (nSPS) is 18.2. The zero-order valence-corrected chi connectivity index (χ0v) is 14.8. The molecule has 0 aliphatic carbocycles. The molecule has 1 atom stereocenters. The third-order valence-electron chi connectivity index (χ3n) is 4.24. The molecule has 1 aliphatic rings. The maximum absolute atomic E-state index is 13.3. The van der Waals surface area contributed by atoms with Gasteiger partial charge in [-0.05, 0) is 37.0 Å². The summed E-state index contributed by atoms with van der Waals surface area (Å²) in [5, 5.41) is -0.0873.